The summed E-state index contributed by atoms with van der Waals surface area (Å²) in [5.74, 6) is 2.92. The number of ether oxygens (including phenoxy) is 3. The van der Waals surface area contributed by atoms with E-state index in [-0.39, 0.29) is 11.5 Å². The molecule has 1 fully saturated rings. The SMILES string of the molecule is CCOc1cc(C)c(-c2nc3ccccc3c(=O)n2N=Cc2cc(OC)c(N3CCCCC3)cc2OC)cc1C(C)C. The summed E-state index contributed by atoms with van der Waals surface area (Å²) in [4.78, 5) is 21.2. The van der Waals surface area contributed by atoms with Crippen molar-refractivity contribution >= 4 is 22.8 Å². The average molecular weight is 569 g/mol. The molecule has 42 heavy (non-hydrogen) atoms. The fourth-order valence-electron chi connectivity index (χ4n) is 5.58. The van der Waals surface area contributed by atoms with Crippen LogP contribution in [0.15, 0.2) is 58.4 Å². The Bertz CT molecular complexity index is 1670. The van der Waals surface area contributed by atoms with Crippen molar-refractivity contribution in [1.29, 1.82) is 0 Å². The van der Waals surface area contributed by atoms with Crippen molar-refractivity contribution in [1.82, 2.24) is 9.66 Å². The monoisotopic (exact) mass is 568 g/mol. The Kier molecular flexibility index (Phi) is 8.80. The summed E-state index contributed by atoms with van der Waals surface area (Å²) in [7, 11) is 3.32. The number of piperidine rings is 1. The van der Waals surface area contributed by atoms with Gasteiger partial charge < -0.3 is 19.1 Å². The number of benzene rings is 3. The first-order valence-electron chi connectivity index (χ1n) is 14.7. The summed E-state index contributed by atoms with van der Waals surface area (Å²) >= 11 is 0. The number of aromatic nitrogens is 2. The lowest BCUT2D eigenvalue weighted by molar-refractivity contribution is 0.335. The Labute approximate surface area is 247 Å². The molecule has 4 aromatic rings. The van der Waals surface area contributed by atoms with E-state index in [2.05, 4.69) is 24.8 Å². The Morgan fingerprint density at radius 2 is 1.71 bits per heavy atom. The third-order valence-corrected chi connectivity index (χ3v) is 7.81. The first-order valence-corrected chi connectivity index (χ1v) is 14.7. The molecule has 0 unspecified atom stereocenters. The van der Waals surface area contributed by atoms with E-state index < -0.39 is 0 Å². The summed E-state index contributed by atoms with van der Waals surface area (Å²) in [6.07, 6.45) is 5.19. The van der Waals surface area contributed by atoms with Gasteiger partial charge >= 0.3 is 0 Å². The second-order valence-corrected chi connectivity index (χ2v) is 10.9. The van der Waals surface area contributed by atoms with Gasteiger partial charge in [-0.1, -0.05) is 26.0 Å². The number of rotatable bonds is 9. The number of hydrogen-bond donors (Lipinski definition) is 0. The van der Waals surface area contributed by atoms with E-state index in [9.17, 15) is 4.79 Å². The molecule has 2 heterocycles. The van der Waals surface area contributed by atoms with Gasteiger partial charge in [0.2, 0.25) is 0 Å². The fourth-order valence-corrected chi connectivity index (χ4v) is 5.58. The molecular formula is C34H40N4O4. The topological polar surface area (TPSA) is 78.2 Å². The third kappa shape index (κ3) is 5.71. The first kappa shape index (κ1) is 29.2. The van der Waals surface area contributed by atoms with Gasteiger partial charge in [0, 0.05) is 30.3 Å². The summed E-state index contributed by atoms with van der Waals surface area (Å²) in [6, 6.07) is 15.4. The molecule has 3 aromatic carbocycles. The minimum Gasteiger partial charge on any atom is -0.496 e. The molecule has 220 valence electrons. The van der Waals surface area contributed by atoms with Crippen LogP contribution in [0.3, 0.4) is 0 Å². The maximum absolute atomic E-state index is 13.9. The van der Waals surface area contributed by atoms with Crippen molar-refractivity contribution in [2.45, 2.75) is 52.9 Å². The van der Waals surface area contributed by atoms with Crippen LogP contribution in [0.2, 0.25) is 0 Å². The van der Waals surface area contributed by atoms with Crippen LogP contribution in [0.25, 0.3) is 22.3 Å². The van der Waals surface area contributed by atoms with Gasteiger partial charge in [0.15, 0.2) is 5.82 Å². The van der Waals surface area contributed by atoms with Crippen LogP contribution in [-0.2, 0) is 0 Å². The second kappa shape index (κ2) is 12.7. The van der Waals surface area contributed by atoms with Gasteiger partial charge in [-0.2, -0.15) is 9.78 Å². The van der Waals surface area contributed by atoms with Crippen molar-refractivity contribution in [3.8, 4) is 28.6 Å². The van der Waals surface area contributed by atoms with Gasteiger partial charge in [-0.3, -0.25) is 4.79 Å². The van der Waals surface area contributed by atoms with Gasteiger partial charge in [0.1, 0.15) is 17.2 Å². The van der Waals surface area contributed by atoms with E-state index >= 15 is 0 Å². The molecule has 0 atom stereocenters. The number of para-hydroxylation sites is 1. The molecule has 0 aliphatic carbocycles. The Balaban J connectivity index is 1.68. The maximum Gasteiger partial charge on any atom is 0.282 e. The largest absolute Gasteiger partial charge is 0.496 e. The predicted molar refractivity (Wildman–Crippen MR) is 170 cm³/mol. The quantitative estimate of drug-likeness (QED) is 0.207. The number of aryl methyl sites for hydroxylation is 1. The van der Waals surface area contributed by atoms with Crippen LogP contribution in [0.1, 0.15) is 62.6 Å². The first-order chi connectivity index (χ1) is 20.4. The highest BCUT2D eigenvalue weighted by Gasteiger charge is 2.20. The lowest BCUT2D eigenvalue weighted by atomic mass is 9.96. The summed E-state index contributed by atoms with van der Waals surface area (Å²) in [5, 5.41) is 5.24. The van der Waals surface area contributed by atoms with Crippen LogP contribution in [0.4, 0.5) is 5.69 Å². The van der Waals surface area contributed by atoms with E-state index in [4.69, 9.17) is 24.3 Å². The van der Waals surface area contributed by atoms with Crippen LogP contribution in [0, 0.1) is 6.92 Å². The highest BCUT2D eigenvalue weighted by Crippen LogP contribution is 2.37. The molecule has 5 rings (SSSR count). The lowest BCUT2D eigenvalue weighted by Gasteiger charge is -2.30. The van der Waals surface area contributed by atoms with Crippen LogP contribution in [-0.4, -0.2) is 49.8 Å². The molecule has 1 aromatic heterocycles. The number of fused-ring (bicyclic) bond motifs is 1. The summed E-state index contributed by atoms with van der Waals surface area (Å²) in [6.45, 7) is 10.8. The van der Waals surface area contributed by atoms with Crippen molar-refractivity contribution in [3.63, 3.8) is 0 Å². The van der Waals surface area contributed by atoms with Gasteiger partial charge in [0.25, 0.3) is 5.56 Å². The molecule has 0 N–H and O–H groups in total. The minimum absolute atomic E-state index is 0.213. The van der Waals surface area contributed by atoms with Gasteiger partial charge in [-0.25, -0.2) is 4.98 Å². The van der Waals surface area contributed by atoms with Crippen molar-refractivity contribution < 1.29 is 14.2 Å². The summed E-state index contributed by atoms with van der Waals surface area (Å²) < 4.78 is 18.9. The Morgan fingerprint density at radius 1 is 0.976 bits per heavy atom. The molecule has 0 spiro atoms. The molecule has 1 saturated heterocycles. The smallest absolute Gasteiger partial charge is 0.282 e. The highest BCUT2D eigenvalue weighted by molar-refractivity contribution is 5.87. The van der Waals surface area contributed by atoms with Gasteiger partial charge in [-0.15, -0.1) is 0 Å². The van der Waals surface area contributed by atoms with E-state index in [0.29, 0.717) is 34.6 Å². The molecule has 1 aliphatic heterocycles. The van der Waals surface area contributed by atoms with Crippen LogP contribution in [0.5, 0.6) is 17.2 Å². The van der Waals surface area contributed by atoms with E-state index in [1.54, 1.807) is 26.5 Å². The minimum atomic E-state index is -0.248. The standard InChI is InChI=1S/C34H40N4O4/c1-7-42-31-17-23(4)27(19-26(31)22(2)3)33-36-28-14-10-9-13-25(28)34(39)38(33)35-21-24-18-32(41-6)29(20-30(24)40-5)37-15-11-8-12-16-37/h9-10,13-14,17-22H,7-8,11-12,15-16H2,1-6H3. The normalized spacial score (nSPS) is 13.7. The number of anilines is 1. The van der Waals surface area contributed by atoms with Crippen molar-refractivity contribution in [2.24, 2.45) is 5.10 Å². The zero-order valence-electron chi connectivity index (χ0n) is 25.4. The summed E-state index contributed by atoms with van der Waals surface area (Å²) in [5.41, 5.74) is 4.90. The molecule has 0 amide bonds. The number of methoxy groups -OCH3 is 2. The fraction of sp³-hybridized carbons (Fsp3) is 0.382. The second-order valence-electron chi connectivity index (χ2n) is 10.9. The zero-order chi connectivity index (χ0) is 29.8. The molecule has 0 radical (unpaired) electrons. The molecular weight excluding hydrogens is 528 g/mol. The van der Waals surface area contributed by atoms with Crippen molar-refractivity contribution in [3.05, 3.63) is 75.6 Å². The average Bonchev–Trinajstić information content (AvgIpc) is 3.00. The zero-order valence-corrected chi connectivity index (χ0v) is 25.4. The van der Waals surface area contributed by atoms with Crippen LogP contribution < -0.4 is 24.7 Å². The van der Waals surface area contributed by atoms with Gasteiger partial charge in [-0.05, 0) is 80.5 Å². The van der Waals surface area contributed by atoms with E-state index in [1.165, 1.54) is 11.1 Å². The molecule has 8 heteroatoms. The molecule has 0 saturated carbocycles. The van der Waals surface area contributed by atoms with E-state index in [0.717, 1.165) is 59.8 Å². The number of hydrogen-bond acceptors (Lipinski definition) is 7. The molecule has 8 nitrogen and oxygen atoms in total. The van der Waals surface area contributed by atoms with Crippen molar-refractivity contribution in [2.75, 3.05) is 38.8 Å². The van der Waals surface area contributed by atoms with E-state index in [1.807, 2.05) is 50.2 Å². The van der Waals surface area contributed by atoms with Gasteiger partial charge in [0.05, 0.1) is 43.6 Å². The Hall–Kier alpha value is -4.33. The number of nitrogens with zero attached hydrogens (tertiary/aromatic N) is 4. The predicted octanol–water partition coefficient (Wildman–Crippen LogP) is 6.78. The molecule has 1 aliphatic rings. The highest BCUT2D eigenvalue weighted by atomic mass is 16.5. The molecule has 0 bridgehead atoms. The Morgan fingerprint density at radius 3 is 2.40 bits per heavy atom. The maximum atomic E-state index is 13.9. The van der Waals surface area contributed by atoms with Crippen LogP contribution >= 0.6 is 0 Å². The lowest BCUT2D eigenvalue weighted by Crippen LogP contribution is -2.29. The third-order valence-electron chi connectivity index (χ3n) is 7.81.